The van der Waals surface area contributed by atoms with Crippen molar-refractivity contribution in [1.82, 2.24) is 15.0 Å². The smallest absolute Gasteiger partial charge is 0.230 e. The van der Waals surface area contributed by atoms with Crippen LogP contribution in [0.5, 0.6) is 0 Å². The van der Waals surface area contributed by atoms with Gasteiger partial charge in [-0.05, 0) is 43.5 Å². The van der Waals surface area contributed by atoms with E-state index in [2.05, 4.69) is 80.7 Å². The molecule has 150 valence electrons. The summed E-state index contributed by atoms with van der Waals surface area (Å²) in [4.78, 5) is 14.2. The fourth-order valence-electron chi connectivity index (χ4n) is 3.29. The summed E-state index contributed by atoms with van der Waals surface area (Å²) in [7, 11) is 0. The zero-order valence-corrected chi connectivity index (χ0v) is 17.7. The molecule has 0 atom stereocenters. The SMILES string of the molecule is Cc1ccc(Cc2nc(Cc3ccc(C)cc3)nc(Nc3ccccc3C)n2)cc1. The Bertz CT molecular complexity index is 1070. The lowest BCUT2D eigenvalue weighted by Gasteiger charge is -2.11. The summed E-state index contributed by atoms with van der Waals surface area (Å²) in [5.74, 6) is 2.13. The lowest BCUT2D eigenvalue weighted by molar-refractivity contribution is 0.856. The summed E-state index contributed by atoms with van der Waals surface area (Å²) in [5, 5.41) is 3.38. The normalized spacial score (nSPS) is 10.8. The van der Waals surface area contributed by atoms with Gasteiger partial charge in [0.25, 0.3) is 0 Å². The molecule has 4 rings (SSSR count). The standard InChI is InChI=1S/C26H26N4/c1-18-8-12-21(13-9-18)16-24-28-25(17-22-14-10-19(2)11-15-22)30-26(29-24)27-23-7-5-4-6-20(23)3/h4-15H,16-17H2,1-3H3,(H,27,28,29,30). The molecule has 0 bridgehead atoms. The Morgan fingerprint density at radius 2 is 1.10 bits per heavy atom. The lowest BCUT2D eigenvalue weighted by Crippen LogP contribution is -2.09. The third-order valence-electron chi connectivity index (χ3n) is 5.09. The maximum Gasteiger partial charge on any atom is 0.230 e. The van der Waals surface area contributed by atoms with Gasteiger partial charge < -0.3 is 5.32 Å². The van der Waals surface area contributed by atoms with Crippen LogP contribution in [0.4, 0.5) is 11.6 Å². The molecule has 1 N–H and O–H groups in total. The highest BCUT2D eigenvalue weighted by atomic mass is 15.2. The molecule has 0 aliphatic rings. The van der Waals surface area contributed by atoms with Gasteiger partial charge in [0, 0.05) is 18.5 Å². The summed E-state index contributed by atoms with van der Waals surface area (Å²) < 4.78 is 0. The van der Waals surface area contributed by atoms with E-state index in [0.717, 1.165) is 22.9 Å². The van der Waals surface area contributed by atoms with Gasteiger partial charge in [0.2, 0.25) is 5.95 Å². The predicted molar refractivity (Wildman–Crippen MR) is 122 cm³/mol. The molecule has 0 spiro atoms. The van der Waals surface area contributed by atoms with Gasteiger partial charge in [0.15, 0.2) is 0 Å². The number of para-hydroxylation sites is 1. The highest BCUT2D eigenvalue weighted by Gasteiger charge is 2.10. The maximum atomic E-state index is 4.77. The zero-order chi connectivity index (χ0) is 20.9. The molecule has 0 radical (unpaired) electrons. The number of aromatic nitrogens is 3. The molecule has 4 aromatic rings. The van der Waals surface area contributed by atoms with Crippen molar-refractivity contribution in [2.24, 2.45) is 0 Å². The van der Waals surface area contributed by atoms with Gasteiger partial charge in [-0.2, -0.15) is 9.97 Å². The van der Waals surface area contributed by atoms with Gasteiger partial charge in [-0.25, -0.2) is 4.98 Å². The van der Waals surface area contributed by atoms with Crippen molar-refractivity contribution in [2.45, 2.75) is 33.6 Å². The van der Waals surface area contributed by atoms with Crippen LogP contribution in [0.15, 0.2) is 72.8 Å². The van der Waals surface area contributed by atoms with Crippen molar-refractivity contribution in [3.8, 4) is 0 Å². The molecule has 1 aromatic heterocycles. The minimum absolute atomic E-state index is 0.587. The summed E-state index contributed by atoms with van der Waals surface area (Å²) in [5.41, 5.74) is 7.03. The average Bonchev–Trinajstić information content (AvgIpc) is 2.73. The number of hydrogen-bond acceptors (Lipinski definition) is 4. The average molecular weight is 395 g/mol. The third-order valence-corrected chi connectivity index (χ3v) is 5.09. The first-order valence-corrected chi connectivity index (χ1v) is 10.2. The number of nitrogens with zero attached hydrogens (tertiary/aromatic N) is 3. The number of benzene rings is 3. The Labute approximate surface area is 178 Å². The molecule has 1 heterocycles. The Kier molecular flexibility index (Phi) is 5.84. The van der Waals surface area contributed by atoms with Gasteiger partial charge in [-0.1, -0.05) is 77.9 Å². The monoisotopic (exact) mass is 394 g/mol. The maximum absolute atomic E-state index is 4.77. The summed E-state index contributed by atoms with van der Waals surface area (Å²) in [6.45, 7) is 6.26. The first-order chi connectivity index (χ1) is 14.5. The topological polar surface area (TPSA) is 50.7 Å². The number of anilines is 2. The van der Waals surface area contributed by atoms with Crippen LogP contribution in [0.25, 0.3) is 0 Å². The molecule has 0 amide bonds. The second-order valence-electron chi connectivity index (χ2n) is 7.76. The van der Waals surface area contributed by atoms with Crippen LogP contribution < -0.4 is 5.32 Å². The predicted octanol–water partition coefficient (Wildman–Crippen LogP) is 5.72. The van der Waals surface area contributed by atoms with E-state index in [1.807, 2.05) is 18.2 Å². The van der Waals surface area contributed by atoms with Crippen molar-refractivity contribution >= 4 is 11.6 Å². The van der Waals surface area contributed by atoms with E-state index in [-0.39, 0.29) is 0 Å². The molecule has 30 heavy (non-hydrogen) atoms. The molecular formula is C26H26N4. The minimum Gasteiger partial charge on any atom is -0.324 e. The molecule has 0 aliphatic carbocycles. The van der Waals surface area contributed by atoms with E-state index in [0.29, 0.717) is 18.8 Å². The van der Waals surface area contributed by atoms with Crippen LogP contribution >= 0.6 is 0 Å². The highest BCUT2D eigenvalue weighted by Crippen LogP contribution is 2.19. The van der Waals surface area contributed by atoms with Crippen molar-refractivity contribution in [2.75, 3.05) is 5.32 Å². The summed E-state index contributed by atoms with van der Waals surface area (Å²) >= 11 is 0. The molecule has 0 saturated heterocycles. The van der Waals surface area contributed by atoms with E-state index in [1.165, 1.54) is 22.3 Å². The Morgan fingerprint density at radius 1 is 0.600 bits per heavy atom. The van der Waals surface area contributed by atoms with Crippen molar-refractivity contribution in [1.29, 1.82) is 0 Å². The van der Waals surface area contributed by atoms with Crippen LogP contribution in [-0.4, -0.2) is 15.0 Å². The van der Waals surface area contributed by atoms with E-state index in [1.54, 1.807) is 0 Å². The van der Waals surface area contributed by atoms with Gasteiger partial charge >= 0.3 is 0 Å². The van der Waals surface area contributed by atoms with Crippen LogP contribution in [0.1, 0.15) is 39.5 Å². The molecule has 4 nitrogen and oxygen atoms in total. The molecule has 0 aliphatic heterocycles. The molecule has 3 aromatic carbocycles. The quantitative estimate of drug-likeness (QED) is 0.454. The molecule has 4 heteroatoms. The van der Waals surface area contributed by atoms with E-state index < -0.39 is 0 Å². The second kappa shape index (κ2) is 8.87. The van der Waals surface area contributed by atoms with E-state index in [4.69, 9.17) is 15.0 Å². The minimum atomic E-state index is 0.587. The Hall–Kier alpha value is -3.53. The van der Waals surface area contributed by atoms with Crippen LogP contribution in [-0.2, 0) is 12.8 Å². The first kappa shape index (κ1) is 19.8. The van der Waals surface area contributed by atoms with Crippen molar-refractivity contribution < 1.29 is 0 Å². The highest BCUT2D eigenvalue weighted by molar-refractivity contribution is 5.57. The van der Waals surface area contributed by atoms with Crippen LogP contribution in [0, 0.1) is 20.8 Å². The lowest BCUT2D eigenvalue weighted by atomic mass is 10.1. The van der Waals surface area contributed by atoms with Gasteiger partial charge in [-0.3, -0.25) is 0 Å². The largest absolute Gasteiger partial charge is 0.324 e. The van der Waals surface area contributed by atoms with Crippen molar-refractivity contribution in [3.63, 3.8) is 0 Å². The van der Waals surface area contributed by atoms with Crippen LogP contribution in [0.3, 0.4) is 0 Å². The summed E-state index contributed by atoms with van der Waals surface area (Å²) in [6.07, 6.45) is 1.35. The van der Waals surface area contributed by atoms with E-state index in [9.17, 15) is 0 Å². The molecule has 0 saturated carbocycles. The number of aryl methyl sites for hydroxylation is 3. The number of nitrogens with one attached hydrogen (secondary N) is 1. The Balaban J connectivity index is 1.66. The molecule has 0 unspecified atom stereocenters. The summed E-state index contributed by atoms with van der Waals surface area (Å²) in [6, 6.07) is 25.2. The number of hydrogen-bond donors (Lipinski definition) is 1. The zero-order valence-electron chi connectivity index (χ0n) is 17.7. The fraction of sp³-hybridized carbons (Fsp3) is 0.192. The van der Waals surface area contributed by atoms with Gasteiger partial charge in [-0.15, -0.1) is 0 Å². The van der Waals surface area contributed by atoms with Crippen molar-refractivity contribution in [3.05, 3.63) is 112 Å². The molecule has 0 fully saturated rings. The van der Waals surface area contributed by atoms with E-state index >= 15 is 0 Å². The first-order valence-electron chi connectivity index (χ1n) is 10.2. The second-order valence-corrected chi connectivity index (χ2v) is 7.76. The number of rotatable bonds is 6. The van der Waals surface area contributed by atoms with Gasteiger partial charge in [0.05, 0.1) is 0 Å². The third kappa shape index (κ3) is 5.09. The fourth-order valence-corrected chi connectivity index (χ4v) is 3.29. The Morgan fingerprint density at radius 3 is 1.60 bits per heavy atom. The van der Waals surface area contributed by atoms with Gasteiger partial charge in [0.1, 0.15) is 11.6 Å². The molecular weight excluding hydrogens is 368 g/mol. The van der Waals surface area contributed by atoms with Crippen LogP contribution in [0.2, 0.25) is 0 Å².